The number of amides is 1. The second-order valence-electron chi connectivity index (χ2n) is 7.35. The van der Waals surface area contributed by atoms with Crippen molar-refractivity contribution >= 4 is 34.6 Å². The Morgan fingerprint density at radius 1 is 1.28 bits per heavy atom. The van der Waals surface area contributed by atoms with Crippen LogP contribution < -0.4 is 5.01 Å². The molecule has 0 aliphatic carbocycles. The number of fused-ring (bicyclic) bond motifs is 1. The Labute approximate surface area is 169 Å². The Morgan fingerprint density at radius 3 is 2.69 bits per heavy atom. The molecule has 1 aromatic carbocycles. The van der Waals surface area contributed by atoms with E-state index in [2.05, 4.69) is 20.0 Å². The van der Waals surface area contributed by atoms with Crippen LogP contribution in [0.3, 0.4) is 0 Å². The number of piperidine rings is 1. The summed E-state index contributed by atoms with van der Waals surface area (Å²) in [7, 11) is 0. The molecular formula is C21H25N5O3. The van der Waals surface area contributed by atoms with Crippen LogP contribution in [0.15, 0.2) is 40.6 Å². The van der Waals surface area contributed by atoms with Gasteiger partial charge in [0.15, 0.2) is 0 Å². The molecule has 2 aliphatic rings. The number of hydrazone groups is 1. The van der Waals surface area contributed by atoms with Crippen molar-refractivity contribution in [2.24, 2.45) is 11.0 Å². The lowest BCUT2D eigenvalue weighted by atomic mass is 9.96. The number of nitrogens with one attached hydrogen (secondary N) is 1. The van der Waals surface area contributed by atoms with E-state index in [0.29, 0.717) is 36.9 Å². The number of esters is 1. The maximum absolute atomic E-state index is 13.1. The van der Waals surface area contributed by atoms with E-state index in [9.17, 15) is 9.59 Å². The summed E-state index contributed by atoms with van der Waals surface area (Å²) in [6, 6.07) is 7.63. The molecule has 0 bridgehead atoms. The molecule has 0 unspecified atom stereocenters. The zero-order valence-electron chi connectivity index (χ0n) is 16.9. The minimum atomic E-state index is -0.188. The number of hydrogen-bond acceptors (Lipinski definition) is 6. The number of aromatic amines is 1. The van der Waals surface area contributed by atoms with E-state index in [1.54, 1.807) is 0 Å². The molecule has 1 amide bonds. The smallest absolute Gasteiger partial charge is 0.309 e. The van der Waals surface area contributed by atoms with E-state index >= 15 is 0 Å². The molecule has 1 aromatic heterocycles. The van der Waals surface area contributed by atoms with E-state index in [4.69, 9.17) is 4.74 Å². The number of rotatable bonds is 4. The summed E-state index contributed by atoms with van der Waals surface area (Å²) >= 11 is 0. The first-order valence-electron chi connectivity index (χ1n) is 9.96. The lowest BCUT2D eigenvalue weighted by molar-refractivity contribution is -0.149. The van der Waals surface area contributed by atoms with E-state index < -0.39 is 0 Å². The van der Waals surface area contributed by atoms with Crippen LogP contribution in [0.2, 0.25) is 0 Å². The van der Waals surface area contributed by atoms with Gasteiger partial charge in [0.1, 0.15) is 0 Å². The monoisotopic (exact) mass is 395 g/mol. The molecule has 2 aromatic rings. The van der Waals surface area contributed by atoms with Crippen LogP contribution in [0, 0.1) is 5.92 Å². The van der Waals surface area contributed by atoms with Gasteiger partial charge in [0.05, 0.1) is 34.8 Å². The number of hydrogen-bond donors (Lipinski definition) is 1. The van der Waals surface area contributed by atoms with Crippen LogP contribution in [0.1, 0.15) is 33.6 Å². The third kappa shape index (κ3) is 3.50. The zero-order valence-corrected chi connectivity index (χ0v) is 16.9. The Balaban J connectivity index is 1.53. The molecule has 1 N–H and O–H groups in total. The Bertz CT molecular complexity index is 981. The van der Waals surface area contributed by atoms with Gasteiger partial charge in [-0.1, -0.05) is 12.1 Å². The molecule has 152 valence electrons. The quantitative estimate of drug-likeness (QED) is 0.635. The fourth-order valence-electron chi connectivity index (χ4n) is 3.97. The Kier molecular flexibility index (Phi) is 5.08. The number of benzene rings is 1. The number of likely N-dealkylation sites (tertiary alicyclic amines) is 1. The third-order valence-corrected chi connectivity index (χ3v) is 5.55. The number of anilines is 1. The van der Waals surface area contributed by atoms with Gasteiger partial charge < -0.3 is 14.6 Å². The highest BCUT2D eigenvalue weighted by Gasteiger charge is 2.35. The van der Waals surface area contributed by atoms with Gasteiger partial charge in [-0.2, -0.15) is 10.1 Å². The van der Waals surface area contributed by atoms with E-state index in [0.717, 1.165) is 29.6 Å². The second-order valence-corrected chi connectivity index (χ2v) is 7.35. The molecule has 4 rings (SSSR count). The van der Waals surface area contributed by atoms with Gasteiger partial charge in [-0.25, -0.2) is 4.98 Å². The first-order valence-corrected chi connectivity index (χ1v) is 9.96. The molecular weight excluding hydrogens is 370 g/mol. The van der Waals surface area contributed by atoms with Crippen LogP contribution in [0.25, 0.3) is 11.0 Å². The van der Waals surface area contributed by atoms with Crippen molar-refractivity contribution in [3.8, 4) is 0 Å². The first kappa shape index (κ1) is 19.2. The molecule has 2 aliphatic heterocycles. The second kappa shape index (κ2) is 7.69. The number of aromatic nitrogens is 2. The standard InChI is InChI=1S/C21H25N5O3/c1-4-29-20(28)15-9-11-25(12-10-15)14(3)18-13(2)24-26(19(18)27)21-22-16-7-5-6-8-17(16)23-21/h5-8,15H,4,9-12H2,1-3H3,(H,22,23)/b18-14-. The van der Waals surface area contributed by atoms with Crippen molar-refractivity contribution in [2.75, 3.05) is 24.7 Å². The van der Waals surface area contributed by atoms with Gasteiger partial charge in [-0.15, -0.1) is 0 Å². The van der Waals surface area contributed by atoms with Crippen molar-refractivity contribution < 1.29 is 14.3 Å². The predicted molar refractivity (Wildman–Crippen MR) is 110 cm³/mol. The van der Waals surface area contributed by atoms with Crippen LogP contribution >= 0.6 is 0 Å². The molecule has 0 spiro atoms. The van der Waals surface area contributed by atoms with Gasteiger partial charge in [0, 0.05) is 18.8 Å². The van der Waals surface area contributed by atoms with Crippen molar-refractivity contribution in [3.05, 3.63) is 35.5 Å². The summed E-state index contributed by atoms with van der Waals surface area (Å²) in [4.78, 5) is 34.9. The number of ether oxygens (including phenoxy) is 1. The molecule has 0 saturated carbocycles. The van der Waals surface area contributed by atoms with Crippen molar-refractivity contribution in [2.45, 2.75) is 33.6 Å². The highest BCUT2D eigenvalue weighted by atomic mass is 16.5. The van der Waals surface area contributed by atoms with Crippen LogP contribution in [-0.4, -0.2) is 52.2 Å². The van der Waals surface area contributed by atoms with Gasteiger partial charge in [-0.3, -0.25) is 9.59 Å². The van der Waals surface area contributed by atoms with Crippen molar-refractivity contribution in [1.29, 1.82) is 0 Å². The summed E-state index contributed by atoms with van der Waals surface area (Å²) in [5.41, 5.74) is 3.80. The maximum atomic E-state index is 13.1. The summed E-state index contributed by atoms with van der Waals surface area (Å²) in [6.45, 7) is 7.44. The maximum Gasteiger partial charge on any atom is 0.309 e. The molecule has 1 fully saturated rings. The molecule has 8 nitrogen and oxygen atoms in total. The molecule has 8 heteroatoms. The summed E-state index contributed by atoms with van der Waals surface area (Å²) in [5, 5.41) is 5.78. The van der Waals surface area contributed by atoms with Gasteiger partial charge >= 0.3 is 5.97 Å². The minimum Gasteiger partial charge on any atom is -0.466 e. The van der Waals surface area contributed by atoms with Crippen LogP contribution in [0.4, 0.5) is 5.95 Å². The third-order valence-electron chi connectivity index (χ3n) is 5.55. The predicted octanol–water partition coefficient (Wildman–Crippen LogP) is 2.83. The van der Waals surface area contributed by atoms with Crippen LogP contribution in [-0.2, 0) is 14.3 Å². The number of carbonyl (C=O) groups excluding carboxylic acids is 2. The number of nitrogens with zero attached hydrogens (tertiary/aromatic N) is 4. The van der Waals surface area contributed by atoms with Gasteiger partial charge in [0.25, 0.3) is 5.91 Å². The fourth-order valence-corrected chi connectivity index (χ4v) is 3.97. The average molecular weight is 395 g/mol. The van der Waals surface area contributed by atoms with Crippen molar-refractivity contribution in [3.63, 3.8) is 0 Å². The average Bonchev–Trinajstić information content (AvgIpc) is 3.28. The van der Waals surface area contributed by atoms with Gasteiger partial charge in [0.2, 0.25) is 5.95 Å². The molecule has 0 atom stereocenters. The SMILES string of the molecule is CCOC(=O)C1CCN(/C(C)=C2\C(=O)N(c3nc4ccccc4[nH]3)N=C2C)CC1. The number of H-pyrrole nitrogens is 1. The summed E-state index contributed by atoms with van der Waals surface area (Å²) in [6.07, 6.45) is 1.45. The number of allylic oxidation sites excluding steroid dienone is 1. The number of para-hydroxylation sites is 2. The lowest BCUT2D eigenvalue weighted by Crippen LogP contribution is -2.37. The number of imidazole rings is 1. The molecule has 1 saturated heterocycles. The largest absolute Gasteiger partial charge is 0.466 e. The zero-order chi connectivity index (χ0) is 20.5. The van der Waals surface area contributed by atoms with Crippen LogP contribution in [0.5, 0.6) is 0 Å². The fraction of sp³-hybridized carbons (Fsp3) is 0.429. The normalized spacial score (nSPS) is 19.7. The Morgan fingerprint density at radius 2 is 2.00 bits per heavy atom. The first-order chi connectivity index (χ1) is 14.0. The van der Waals surface area contributed by atoms with Gasteiger partial charge in [-0.05, 0) is 45.7 Å². The Hall–Kier alpha value is -3.16. The molecule has 3 heterocycles. The van der Waals surface area contributed by atoms with E-state index in [1.165, 1.54) is 5.01 Å². The van der Waals surface area contributed by atoms with Crippen molar-refractivity contribution in [1.82, 2.24) is 14.9 Å². The minimum absolute atomic E-state index is 0.0647. The van der Waals surface area contributed by atoms with E-state index in [1.807, 2.05) is 45.0 Å². The molecule has 29 heavy (non-hydrogen) atoms. The molecule has 0 radical (unpaired) electrons. The topological polar surface area (TPSA) is 90.9 Å². The highest BCUT2D eigenvalue weighted by molar-refractivity contribution is 6.29. The number of carbonyl (C=O) groups is 2. The highest BCUT2D eigenvalue weighted by Crippen LogP contribution is 2.28. The lowest BCUT2D eigenvalue weighted by Gasteiger charge is -2.33. The summed E-state index contributed by atoms with van der Waals surface area (Å²) < 4.78 is 5.14. The summed E-state index contributed by atoms with van der Waals surface area (Å²) in [5.74, 6) is 0.0410. The van der Waals surface area contributed by atoms with E-state index in [-0.39, 0.29) is 17.8 Å².